The Morgan fingerprint density at radius 3 is 2.75 bits per heavy atom. The van der Waals surface area contributed by atoms with Gasteiger partial charge in [-0.25, -0.2) is 0 Å². The number of amides is 1. The maximum Gasteiger partial charge on any atom is 0.239 e. The van der Waals surface area contributed by atoms with E-state index < -0.39 is 12.1 Å². The lowest BCUT2D eigenvalue weighted by atomic mass is 10.2. The monoisotopic (exact) mass is 250 g/mol. The minimum Gasteiger partial charge on any atom is -0.389 e. The molecule has 0 heterocycles. The van der Waals surface area contributed by atoms with Crippen LogP contribution in [0.2, 0.25) is 0 Å². The average molecular weight is 250 g/mol. The van der Waals surface area contributed by atoms with Gasteiger partial charge in [0.25, 0.3) is 0 Å². The molecule has 3 N–H and O–H groups in total. The van der Waals surface area contributed by atoms with Crippen molar-refractivity contribution >= 4 is 17.7 Å². The fourth-order valence-corrected chi connectivity index (χ4v) is 1.79. The van der Waals surface area contributed by atoms with Gasteiger partial charge in [-0.3, -0.25) is 4.79 Å². The fraction of sp³-hybridized carbons (Fsp3) is 0.900. The molecule has 0 aliphatic carbocycles. The Bertz CT molecular complexity index is 205. The van der Waals surface area contributed by atoms with Crippen molar-refractivity contribution < 1.29 is 14.6 Å². The highest BCUT2D eigenvalue weighted by Crippen LogP contribution is 2.02. The summed E-state index contributed by atoms with van der Waals surface area (Å²) in [5, 5.41) is 9.46. The number of rotatable bonds is 8. The molecule has 2 atom stereocenters. The van der Waals surface area contributed by atoms with E-state index in [-0.39, 0.29) is 19.1 Å². The van der Waals surface area contributed by atoms with Gasteiger partial charge in [0.1, 0.15) is 0 Å². The largest absolute Gasteiger partial charge is 0.389 e. The van der Waals surface area contributed by atoms with Gasteiger partial charge in [-0.05, 0) is 18.4 Å². The first-order chi connectivity index (χ1) is 7.52. The van der Waals surface area contributed by atoms with Gasteiger partial charge < -0.3 is 20.5 Å². The SMILES string of the molecule is COCC(O)CN(C)C(=O)[C@H](N)CCSC. The number of hydrogen-bond donors (Lipinski definition) is 2. The third-order valence-electron chi connectivity index (χ3n) is 2.17. The van der Waals surface area contributed by atoms with Crippen molar-refractivity contribution in [2.24, 2.45) is 5.73 Å². The van der Waals surface area contributed by atoms with Crippen LogP contribution < -0.4 is 5.73 Å². The van der Waals surface area contributed by atoms with Crippen LogP contribution in [-0.2, 0) is 9.53 Å². The molecule has 5 nitrogen and oxygen atoms in total. The highest BCUT2D eigenvalue weighted by molar-refractivity contribution is 7.98. The van der Waals surface area contributed by atoms with Crippen LogP contribution in [-0.4, -0.2) is 67.4 Å². The maximum atomic E-state index is 11.7. The molecule has 0 aromatic rings. The van der Waals surface area contributed by atoms with Crippen LogP contribution in [0.15, 0.2) is 0 Å². The molecule has 0 bridgehead atoms. The zero-order valence-corrected chi connectivity index (χ0v) is 11.0. The van der Waals surface area contributed by atoms with Crippen LogP contribution in [0.3, 0.4) is 0 Å². The molecule has 0 saturated carbocycles. The molecule has 0 fully saturated rings. The number of nitrogens with two attached hydrogens (primary N) is 1. The number of methoxy groups -OCH3 is 1. The van der Waals surface area contributed by atoms with Crippen molar-refractivity contribution in [3.63, 3.8) is 0 Å². The topological polar surface area (TPSA) is 75.8 Å². The number of aliphatic hydroxyl groups is 1. The first kappa shape index (κ1) is 15.7. The average Bonchev–Trinajstić information content (AvgIpc) is 2.24. The van der Waals surface area contributed by atoms with Crippen molar-refractivity contribution in [2.45, 2.75) is 18.6 Å². The van der Waals surface area contributed by atoms with Gasteiger partial charge in [-0.1, -0.05) is 0 Å². The zero-order chi connectivity index (χ0) is 12.6. The summed E-state index contributed by atoms with van der Waals surface area (Å²) in [6, 6.07) is -0.479. The van der Waals surface area contributed by atoms with Crippen LogP contribution >= 0.6 is 11.8 Å². The van der Waals surface area contributed by atoms with Gasteiger partial charge in [0, 0.05) is 20.7 Å². The summed E-state index contributed by atoms with van der Waals surface area (Å²) in [4.78, 5) is 13.2. The van der Waals surface area contributed by atoms with Crippen LogP contribution in [0.25, 0.3) is 0 Å². The van der Waals surface area contributed by atoms with E-state index in [0.29, 0.717) is 6.42 Å². The predicted octanol–water partition coefficient (Wildman–Crippen LogP) is -0.467. The van der Waals surface area contributed by atoms with Crippen LogP contribution in [0.4, 0.5) is 0 Å². The second-order valence-electron chi connectivity index (χ2n) is 3.72. The summed E-state index contributed by atoms with van der Waals surface area (Å²) in [5.74, 6) is 0.727. The summed E-state index contributed by atoms with van der Waals surface area (Å²) in [7, 11) is 3.15. The quantitative estimate of drug-likeness (QED) is 0.609. The Morgan fingerprint density at radius 2 is 2.25 bits per heavy atom. The Kier molecular flexibility index (Phi) is 8.64. The van der Waals surface area contributed by atoms with Gasteiger partial charge >= 0.3 is 0 Å². The molecule has 0 saturated heterocycles. The smallest absolute Gasteiger partial charge is 0.239 e. The summed E-state index contributed by atoms with van der Waals surface area (Å²) in [6.07, 6.45) is 1.97. The highest BCUT2D eigenvalue weighted by atomic mass is 32.2. The van der Waals surface area contributed by atoms with Crippen LogP contribution in [0.1, 0.15) is 6.42 Å². The van der Waals surface area contributed by atoms with E-state index in [1.54, 1.807) is 18.8 Å². The lowest BCUT2D eigenvalue weighted by molar-refractivity contribution is -0.133. The summed E-state index contributed by atoms with van der Waals surface area (Å²) < 4.78 is 4.79. The van der Waals surface area contributed by atoms with Gasteiger partial charge in [0.05, 0.1) is 18.8 Å². The highest BCUT2D eigenvalue weighted by Gasteiger charge is 2.19. The minimum absolute atomic E-state index is 0.135. The molecule has 0 aliphatic heterocycles. The Labute approximate surface area is 101 Å². The van der Waals surface area contributed by atoms with E-state index in [0.717, 1.165) is 5.75 Å². The number of nitrogens with zero attached hydrogens (tertiary/aromatic N) is 1. The van der Waals surface area contributed by atoms with E-state index in [9.17, 15) is 9.90 Å². The van der Waals surface area contributed by atoms with Crippen LogP contribution in [0, 0.1) is 0 Å². The second kappa shape index (κ2) is 8.81. The molecular formula is C10H22N2O3S. The van der Waals surface area contributed by atoms with Crippen molar-refractivity contribution in [2.75, 3.05) is 39.3 Å². The summed E-state index contributed by atoms with van der Waals surface area (Å²) in [5.41, 5.74) is 5.74. The van der Waals surface area contributed by atoms with Gasteiger partial charge in [0.2, 0.25) is 5.91 Å². The lowest BCUT2D eigenvalue weighted by Crippen LogP contribution is -2.45. The van der Waals surface area contributed by atoms with Crippen molar-refractivity contribution in [1.82, 2.24) is 4.90 Å². The number of ether oxygens (including phenoxy) is 1. The predicted molar refractivity (Wildman–Crippen MR) is 66.5 cm³/mol. The molecule has 6 heteroatoms. The third-order valence-corrected chi connectivity index (χ3v) is 2.81. The van der Waals surface area contributed by atoms with Gasteiger partial charge in [0.15, 0.2) is 0 Å². The van der Waals surface area contributed by atoms with E-state index in [1.165, 1.54) is 12.0 Å². The number of aliphatic hydroxyl groups excluding tert-OH is 1. The number of likely N-dealkylation sites (N-methyl/N-ethyl adjacent to an activating group) is 1. The van der Waals surface area contributed by atoms with Crippen molar-refractivity contribution in [1.29, 1.82) is 0 Å². The Morgan fingerprint density at radius 1 is 1.62 bits per heavy atom. The second-order valence-corrected chi connectivity index (χ2v) is 4.70. The minimum atomic E-state index is -0.660. The zero-order valence-electron chi connectivity index (χ0n) is 10.2. The third kappa shape index (κ3) is 6.32. The van der Waals surface area contributed by atoms with Gasteiger partial charge in [-0.15, -0.1) is 0 Å². The molecule has 96 valence electrons. The standard InChI is InChI=1S/C10H22N2O3S/c1-12(6-8(13)7-15-2)10(14)9(11)4-5-16-3/h8-9,13H,4-7,11H2,1-3H3/t8?,9-/m1/s1. The molecule has 0 aromatic carbocycles. The van der Waals surface area contributed by atoms with Crippen molar-refractivity contribution in [3.8, 4) is 0 Å². The van der Waals surface area contributed by atoms with E-state index in [2.05, 4.69) is 0 Å². The molecule has 1 unspecified atom stereocenters. The number of hydrogen-bond acceptors (Lipinski definition) is 5. The Balaban J connectivity index is 3.96. The molecule has 0 spiro atoms. The molecule has 0 aromatic heterocycles. The summed E-state index contributed by atoms with van der Waals surface area (Å²) in [6.45, 7) is 0.470. The molecular weight excluding hydrogens is 228 g/mol. The molecule has 0 radical (unpaired) electrons. The molecule has 0 rings (SSSR count). The fourth-order valence-electron chi connectivity index (χ4n) is 1.30. The first-order valence-electron chi connectivity index (χ1n) is 5.19. The number of carbonyl (C=O) groups is 1. The number of thioether (sulfide) groups is 1. The molecule has 1 amide bonds. The number of carbonyl (C=O) groups excluding carboxylic acids is 1. The van der Waals surface area contributed by atoms with Crippen molar-refractivity contribution in [3.05, 3.63) is 0 Å². The normalized spacial score (nSPS) is 14.6. The molecule has 0 aliphatic rings. The lowest BCUT2D eigenvalue weighted by Gasteiger charge is -2.23. The summed E-state index contributed by atoms with van der Waals surface area (Å²) >= 11 is 1.66. The molecule has 16 heavy (non-hydrogen) atoms. The van der Waals surface area contributed by atoms with E-state index >= 15 is 0 Å². The Hall–Kier alpha value is -0.300. The maximum absolute atomic E-state index is 11.7. The van der Waals surface area contributed by atoms with E-state index in [1.807, 2.05) is 6.26 Å². The van der Waals surface area contributed by atoms with Crippen LogP contribution in [0.5, 0.6) is 0 Å². The van der Waals surface area contributed by atoms with E-state index in [4.69, 9.17) is 10.5 Å². The van der Waals surface area contributed by atoms with Gasteiger partial charge in [-0.2, -0.15) is 11.8 Å². The first-order valence-corrected chi connectivity index (χ1v) is 6.58.